The number of amides is 2. The second kappa shape index (κ2) is 12.6. The molecule has 0 unspecified atom stereocenters. The van der Waals surface area contributed by atoms with Crippen molar-refractivity contribution in [3.05, 3.63) is 90.0 Å². The van der Waals surface area contributed by atoms with Crippen LogP contribution in [0, 0.1) is 0 Å². The summed E-state index contributed by atoms with van der Waals surface area (Å²) in [5.41, 5.74) is 2.74. The SMILES string of the molecule is O=C(CCOc1ccccc1)NC1CN(CCCCC2(C(=O)NCC(F)F)c3ccccc3-c3ccccc32)C1. The van der Waals surface area contributed by atoms with E-state index in [0.29, 0.717) is 19.4 Å². The first kappa shape index (κ1) is 27.8. The van der Waals surface area contributed by atoms with Crippen molar-refractivity contribution in [1.29, 1.82) is 0 Å². The van der Waals surface area contributed by atoms with Gasteiger partial charge in [0.1, 0.15) is 11.2 Å². The lowest BCUT2D eigenvalue weighted by Crippen LogP contribution is -2.59. The molecule has 3 aromatic rings. The number of likely N-dealkylation sites (tertiary alicyclic amines) is 1. The minimum atomic E-state index is -2.61. The average Bonchev–Trinajstić information content (AvgIpc) is 3.23. The van der Waals surface area contributed by atoms with Gasteiger partial charge in [-0.25, -0.2) is 8.78 Å². The molecule has 0 bridgehead atoms. The highest BCUT2D eigenvalue weighted by molar-refractivity contribution is 6.00. The van der Waals surface area contributed by atoms with Crippen LogP contribution in [-0.4, -0.2) is 62.0 Å². The summed E-state index contributed by atoms with van der Waals surface area (Å²) < 4.78 is 31.7. The molecule has 0 saturated carbocycles. The number of fused-ring (bicyclic) bond motifs is 3. The predicted octanol–water partition coefficient (Wildman–Crippen LogP) is 4.77. The number of benzene rings is 3. The van der Waals surface area contributed by atoms with E-state index in [2.05, 4.69) is 15.5 Å². The second-order valence-electron chi connectivity index (χ2n) is 10.5. The van der Waals surface area contributed by atoms with E-state index in [1.165, 1.54) is 0 Å². The molecule has 5 rings (SSSR count). The van der Waals surface area contributed by atoms with Crippen molar-refractivity contribution in [2.45, 2.75) is 43.6 Å². The molecule has 2 N–H and O–H groups in total. The molecular weight excluding hydrogens is 512 g/mol. The number of hydrogen-bond acceptors (Lipinski definition) is 4. The van der Waals surface area contributed by atoms with E-state index < -0.39 is 18.4 Å². The first-order valence-electron chi connectivity index (χ1n) is 13.9. The lowest BCUT2D eigenvalue weighted by Gasteiger charge is -2.40. The minimum Gasteiger partial charge on any atom is -0.493 e. The van der Waals surface area contributed by atoms with Gasteiger partial charge in [0.05, 0.1) is 25.6 Å². The number of rotatable bonds is 13. The van der Waals surface area contributed by atoms with Gasteiger partial charge in [-0.1, -0.05) is 73.2 Å². The fourth-order valence-electron chi connectivity index (χ4n) is 5.92. The zero-order chi connectivity index (χ0) is 28.0. The molecule has 1 aliphatic heterocycles. The van der Waals surface area contributed by atoms with Crippen molar-refractivity contribution < 1.29 is 23.1 Å². The lowest BCUT2D eigenvalue weighted by atomic mass is 9.73. The highest BCUT2D eigenvalue weighted by Gasteiger charge is 2.48. The normalized spacial score (nSPS) is 15.7. The van der Waals surface area contributed by atoms with Gasteiger partial charge in [0.25, 0.3) is 6.43 Å². The molecule has 210 valence electrons. The Morgan fingerprint density at radius 2 is 1.52 bits per heavy atom. The van der Waals surface area contributed by atoms with Crippen LogP contribution in [0.25, 0.3) is 11.1 Å². The quantitative estimate of drug-likeness (QED) is 0.303. The van der Waals surface area contributed by atoms with Gasteiger partial charge in [0.15, 0.2) is 0 Å². The molecule has 0 aromatic heterocycles. The summed E-state index contributed by atoms with van der Waals surface area (Å²) in [7, 11) is 0. The largest absolute Gasteiger partial charge is 0.493 e. The maximum absolute atomic E-state index is 13.6. The number of alkyl halides is 2. The zero-order valence-corrected chi connectivity index (χ0v) is 22.5. The summed E-state index contributed by atoms with van der Waals surface area (Å²) in [5, 5.41) is 5.58. The zero-order valence-electron chi connectivity index (χ0n) is 22.5. The Balaban J connectivity index is 1.12. The molecule has 6 nitrogen and oxygen atoms in total. The van der Waals surface area contributed by atoms with Crippen LogP contribution >= 0.6 is 0 Å². The Morgan fingerprint density at radius 3 is 2.17 bits per heavy atom. The Kier molecular flexibility index (Phi) is 8.75. The van der Waals surface area contributed by atoms with Gasteiger partial charge in [0.2, 0.25) is 11.8 Å². The first-order valence-corrected chi connectivity index (χ1v) is 13.9. The summed E-state index contributed by atoms with van der Waals surface area (Å²) in [4.78, 5) is 28.1. The molecule has 3 aromatic carbocycles. The Bertz CT molecular complexity index is 1270. The van der Waals surface area contributed by atoms with Gasteiger partial charge in [-0.2, -0.15) is 0 Å². The molecule has 2 aliphatic rings. The Labute approximate surface area is 233 Å². The summed E-state index contributed by atoms with van der Waals surface area (Å²) >= 11 is 0. The number of para-hydroxylation sites is 1. The monoisotopic (exact) mass is 547 g/mol. The Hall–Kier alpha value is -3.78. The molecule has 1 saturated heterocycles. The standard InChI is InChI=1S/C32H35F2N3O3/c33-29(34)20-35-31(39)32(27-14-6-4-12-25(27)26-13-5-7-15-28(26)32)17-8-9-18-37-21-23(22-37)36-30(38)16-19-40-24-10-2-1-3-11-24/h1-7,10-15,23,29H,8-9,16-22H2,(H,35,39)(H,36,38). The van der Waals surface area contributed by atoms with E-state index in [1.807, 2.05) is 78.9 Å². The van der Waals surface area contributed by atoms with Crippen molar-refractivity contribution in [1.82, 2.24) is 15.5 Å². The van der Waals surface area contributed by atoms with Crippen molar-refractivity contribution in [2.24, 2.45) is 0 Å². The fourth-order valence-corrected chi connectivity index (χ4v) is 5.92. The third-order valence-electron chi connectivity index (χ3n) is 7.81. The molecule has 0 spiro atoms. The van der Waals surface area contributed by atoms with Crippen molar-refractivity contribution in [2.75, 3.05) is 32.8 Å². The molecule has 2 amide bonds. The smallest absolute Gasteiger partial charge is 0.255 e. The number of hydrogen-bond donors (Lipinski definition) is 2. The maximum atomic E-state index is 13.6. The van der Waals surface area contributed by atoms with Crippen LogP contribution in [0.1, 0.15) is 36.8 Å². The van der Waals surface area contributed by atoms with E-state index in [4.69, 9.17) is 4.74 Å². The van der Waals surface area contributed by atoms with Crippen LogP contribution < -0.4 is 15.4 Å². The van der Waals surface area contributed by atoms with Gasteiger partial charge < -0.3 is 15.4 Å². The predicted molar refractivity (Wildman–Crippen MR) is 150 cm³/mol. The molecule has 1 heterocycles. The van der Waals surface area contributed by atoms with E-state index in [9.17, 15) is 18.4 Å². The van der Waals surface area contributed by atoms with Crippen LogP contribution in [0.5, 0.6) is 5.75 Å². The van der Waals surface area contributed by atoms with Crippen molar-refractivity contribution in [3.8, 4) is 16.9 Å². The topological polar surface area (TPSA) is 70.7 Å². The molecule has 40 heavy (non-hydrogen) atoms. The van der Waals surface area contributed by atoms with E-state index >= 15 is 0 Å². The molecular formula is C32H35F2N3O3. The Morgan fingerprint density at radius 1 is 0.900 bits per heavy atom. The average molecular weight is 548 g/mol. The first-order chi connectivity index (χ1) is 19.5. The number of nitrogens with one attached hydrogen (secondary N) is 2. The number of carbonyl (C=O) groups is 2. The lowest BCUT2D eigenvalue weighted by molar-refractivity contribution is -0.126. The third-order valence-corrected chi connectivity index (χ3v) is 7.81. The van der Waals surface area contributed by atoms with Crippen molar-refractivity contribution in [3.63, 3.8) is 0 Å². The number of unbranched alkanes of at least 4 members (excludes halogenated alkanes) is 1. The number of carbonyl (C=O) groups excluding carboxylic acids is 2. The van der Waals surface area contributed by atoms with Crippen LogP contribution in [-0.2, 0) is 15.0 Å². The van der Waals surface area contributed by atoms with Crippen LogP contribution in [0.2, 0.25) is 0 Å². The van der Waals surface area contributed by atoms with Crippen molar-refractivity contribution >= 4 is 11.8 Å². The summed E-state index contributed by atoms with van der Waals surface area (Å²) in [6, 6.07) is 25.2. The number of ether oxygens (including phenoxy) is 1. The molecule has 1 aliphatic carbocycles. The van der Waals surface area contributed by atoms with E-state index in [0.717, 1.165) is 60.5 Å². The van der Waals surface area contributed by atoms with Gasteiger partial charge in [0, 0.05) is 13.1 Å². The van der Waals surface area contributed by atoms with Gasteiger partial charge >= 0.3 is 0 Å². The van der Waals surface area contributed by atoms with Gasteiger partial charge in [-0.05, 0) is 53.8 Å². The van der Waals surface area contributed by atoms with Crippen LogP contribution in [0.3, 0.4) is 0 Å². The second-order valence-corrected chi connectivity index (χ2v) is 10.5. The summed E-state index contributed by atoms with van der Waals surface area (Å²) in [6.07, 6.45) is -0.145. The van der Waals surface area contributed by atoms with Gasteiger partial charge in [-0.15, -0.1) is 0 Å². The maximum Gasteiger partial charge on any atom is 0.255 e. The van der Waals surface area contributed by atoms with Gasteiger partial charge in [-0.3, -0.25) is 14.5 Å². The highest BCUT2D eigenvalue weighted by Crippen LogP contribution is 2.51. The molecule has 1 fully saturated rings. The highest BCUT2D eigenvalue weighted by atomic mass is 19.3. The minimum absolute atomic E-state index is 0.0177. The molecule has 0 radical (unpaired) electrons. The summed E-state index contributed by atoms with van der Waals surface area (Å²) in [6.45, 7) is 2.10. The third kappa shape index (κ3) is 6.02. The number of nitrogens with zero attached hydrogens (tertiary/aromatic N) is 1. The fraction of sp³-hybridized carbons (Fsp3) is 0.375. The van der Waals surface area contributed by atoms with E-state index in [-0.39, 0.29) is 17.9 Å². The molecule has 8 heteroatoms. The van der Waals surface area contributed by atoms with E-state index in [1.54, 1.807) is 0 Å². The summed E-state index contributed by atoms with van der Waals surface area (Å²) in [5.74, 6) is 0.368. The van der Waals surface area contributed by atoms with Crippen LogP contribution in [0.15, 0.2) is 78.9 Å². The number of halogens is 2. The van der Waals surface area contributed by atoms with Crippen LogP contribution in [0.4, 0.5) is 8.78 Å². The molecule has 0 atom stereocenters.